The number of nitrogens with zero attached hydrogens (tertiary/aromatic N) is 5. The fourth-order valence-electron chi connectivity index (χ4n) is 9.07. The molecule has 0 saturated carbocycles. The number of urea groups is 1. The smallest absolute Gasteiger partial charge is 0.418 e. The van der Waals surface area contributed by atoms with Gasteiger partial charge in [0.1, 0.15) is 6.61 Å². The Morgan fingerprint density at radius 3 is 2.36 bits per heavy atom. The Bertz CT molecular complexity index is 1830. The molecule has 0 spiro atoms. The van der Waals surface area contributed by atoms with Gasteiger partial charge in [0.05, 0.1) is 22.7 Å². The van der Waals surface area contributed by atoms with Gasteiger partial charge in [-0.2, -0.15) is 13.2 Å². The summed E-state index contributed by atoms with van der Waals surface area (Å²) in [7, 11) is 1.61. The number of para-hydroxylation sites is 1. The van der Waals surface area contributed by atoms with Crippen LogP contribution in [0.5, 0.6) is 0 Å². The van der Waals surface area contributed by atoms with Gasteiger partial charge in [0, 0.05) is 64.5 Å². The topological polar surface area (TPSA) is 141 Å². The van der Waals surface area contributed by atoms with Gasteiger partial charge in [-0.15, -0.1) is 0 Å². The highest BCUT2D eigenvalue weighted by Gasteiger charge is 2.37. The van der Waals surface area contributed by atoms with E-state index in [1.807, 2.05) is 24.3 Å². The molecule has 6 rings (SSSR count). The quantitative estimate of drug-likeness (QED) is 0.147. The van der Waals surface area contributed by atoms with E-state index in [0.717, 1.165) is 62.9 Å². The van der Waals surface area contributed by atoms with Crippen LogP contribution in [0.2, 0.25) is 5.02 Å². The SMILES string of the molecule is CC(CCN(C)C(=O)[C@@H](Cc1cc(Cl)c(N)c(C(F)(F)F)c1)OC(=O)N1CCC(N2CCc3ccccc3NC2=O)CC1)C1CCN(CCC(=O)OCCN2CCCC2)CC1. The largest absolute Gasteiger partial charge is 0.464 e. The van der Waals surface area contributed by atoms with Crippen molar-refractivity contribution in [3.8, 4) is 0 Å². The summed E-state index contributed by atoms with van der Waals surface area (Å²) in [6.07, 6.45) is -0.310. The molecular weight excluding hydrogens is 815 g/mol. The fourth-order valence-corrected chi connectivity index (χ4v) is 9.31. The lowest BCUT2D eigenvalue weighted by Gasteiger charge is -2.38. The molecule has 1 unspecified atom stereocenters. The number of alkyl halides is 3. The second-order valence-corrected chi connectivity index (χ2v) is 17.5. The number of nitrogen functional groups attached to an aromatic ring is 1. The van der Waals surface area contributed by atoms with E-state index in [2.05, 4.69) is 22.0 Å². The van der Waals surface area contributed by atoms with Crippen molar-refractivity contribution in [1.29, 1.82) is 0 Å². The predicted molar refractivity (Wildman–Crippen MR) is 227 cm³/mol. The van der Waals surface area contributed by atoms with Gasteiger partial charge in [-0.1, -0.05) is 36.7 Å². The van der Waals surface area contributed by atoms with E-state index in [9.17, 15) is 32.3 Å². The highest BCUT2D eigenvalue weighted by atomic mass is 35.5. The number of benzene rings is 2. The molecule has 0 radical (unpaired) electrons. The lowest BCUT2D eigenvalue weighted by atomic mass is 9.83. The van der Waals surface area contributed by atoms with Crippen LogP contribution in [-0.2, 0) is 38.1 Å². The van der Waals surface area contributed by atoms with E-state index < -0.39 is 35.5 Å². The Morgan fingerprint density at radius 1 is 0.967 bits per heavy atom. The van der Waals surface area contributed by atoms with Gasteiger partial charge in [0.25, 0.3) is 5.91 Å². The Hall–Kier alpha value is -4.28. The summed E-state index contributed by atoms with van der Waals surface area (Å²) in [5.74, 6) is -0.0280. The zero-order valence-electron chi connectivity index (χ0n) is 35.4. The molecule has 4 aliphatic heterocycles. The van der Waals surface area contributed by atoms with Crippen molar-refractivity contribution in [2.45, 2.75) is 89.5 Å². The number of anilines is 2. The Kier molecular flexibility index (Phi) is 16.1. The van der Waals surface area contributed by atoms with Crippen LogP contribution in [0.15, 0.2) is 36.4 Å². The van der Waals surface area contributed by atoms with Crippen molar-refractivity contribution < 1.29 is 41.8 Å². The second kappa shape index (κ2) is 21.2. The van der Waals surface area contributed by atoms with Crippen LogP contribution in [-0.4, -0.2) is 140 Å². The molecule has 3 N–H and O–H groups in total. The van der Waals surface area contributed by atoms with Gasteiger partial charge in [-0.25, -0.2) is 9.59 Å². The minimum absolute atomic E-state index is 0.0495. The normalized spacial score (nSPS) is 19.5. The number of likely N-dealkylation sites (tertiary alicyclic amines) is 3. The molecule has 4 aliphatic rings. The summed E-state index contributed by atoms with van der Waals surface area (Å²) in [4.78, 5) is 62.6. The monoisotopic (exact) mass is 875 g/mol. The van der Waals surface area contributed by atoms with Crippen LogP contribution in [0.3, 0.4) is 0 Å². The third-order valence-corrected chi connectivity index (χ3v) is 13.3. The van der Waals surface area contributed by atoms with Crippen molar-refractivity contribution in [3.05, 3.63) is 58.1 Å². The average Bonchev–Trinajstić information content (AvgIpc) is 3.70. The number of hydrogen-bond acceptors (Lipinski definition) is 9. The number of amides is 4. The number of carbonyl (C=O) groups is 4. The number of fused-ring (bicyclic) bond motifs is 1. The zero-order chi connectivity index (χ0) is 43.7. The Morgan fingerprint density at radius 2 is 1.66 bits per heavy atom. The van der Waals surface area contributed by atoms with E-state index in [1.54, 1.807) is 11.9 Å². The van der Waals surface area contributed by atoms with E-state index >= 15 is 0 Å². The van der Waals surface area contributed by atoms with Crippen LogP contribution in [0.4, 0.5) is 34.1 Å². The number of ether oxygens (including phenoxy) is 2. The third-order valence-electron chi connectivity index (χ3n) is 13.0. The van der Waals surface area contributed by atoms with Gasteiger partial charge in [0.2, 0.25) is 0 Å². The first-order chi connectivity index (χ1) is 29.2. The second-order valence-electron chi connectivity index (χ2n) is 17.1. The molecule has 13 nitrogen and oxygen atoms in total. The fraction of sp³-hybridized carbons (Fsp3) is 0.636. The van der Waals surface area contributed by atoms with Gasteiger partial charge in [-0.3, -0.25) is 14.5 Å². The number of carbonyl (C=O) groups excluding carboxylic acids is 4. The average molecular weight is 876 g/mol. The lowest BCUT2D eigenvalue weighted by molar-refractivity contribution is -0.144. The zero-order valence-corrected chi connectivity index (χ0v) is 36.2. The maximum atomic E-state index is 14.1. The highest BCUT2D eigenvalue weighted by molar-refractivity contribution is 6.33. The number of nitrogens with one attached hydrogen (secondary N) is 1. The Labute approximate surface area is 362 Å². The molecule has 2 aromatic carbocycles. The molecule has 17 heteroatoms. The summed E-state index contributed by atoms with van der Waals surface area (Å²) >= 11 is 6.15. The summed E-state index contributed by atoms with van der Waals surface area (Å²) in [6.45, 7) is 9.32. The number of nitrogens with two attached hydrogens (primary N) is 1. The molecule has 0 aromatic heterocycles. The van der Waals surface area contributed by atoms with Crippen molar-refractivity contribution >= 4 is 47.0 Å². The van der Waals surface area contributed by atoms with Crippen LogP contribution in [0.25, 0.3) is 0 Å². The minimum Gasteiger partial charge on any atom is -0.464 e. The number of esters is 1. The summed E-state index contributed by atoms with van der Waals surface area (Å²) in [6, 6.07) is 9.47. The van der Waals surface area contributed by atoms with Gasteiger partial charge in [-0.05, 0) is 119 Å². The van der Waals surface area contributed by atoms with Crippen molar-refractivity contribution in [2.75, 3.05) is 90.2 Å². The molecule has 61 heavy (non-hydrogen) atoms. The standard InChI is InChI=1S/C44H61ClF3N7O6/c1-30(32-10-19-53(20-11-32)21-15-39(56)60-26-25-52-16-5-6-17-52)9-18-51(2)41(57)38(29-31-27-35(44(46,47)48)40(49)36(45)28-31)61-43(59)54-22-13-34(14-23-54)55-24-12-33-7-3-4-8-37(33)50-42(55)58/h3-4,7-8,27-28,30,32,34,38H,5-6,9-26,29,49H2,1-2H3,(H,50,58)/t30?,38-/m1/s1. The molecule has 0 bridgehead atoms. The van der Waals surface area contributed by atoms with E-state index in [-0.39, 0.29) is 54.1 Å². The highest BCUT2D eigenvalue weighted by Crippen LogP contribution is 2.38. The molecular formula is C44H61ClF3N7O6. The maximum Gasteiger partial charge on any atom is 0.418 e. The number of hydrogen-bond donors (Lipinski definition) is 2. The van der Waals surface area contributed by atoms with Gasteiger partial charge >= 0.3 is 24.3 Å². The van der Waals surface area contributed by atoms with E-state index in [4.69, 9.17) is 26.8 Å². The van der Waals surface area contributed by atoms with Crippen LogP contribution in [0.1, 0.15) is 75.0 Å². The Balaban J connectivity index is 1.01. The first-order valence-electron chi connectivity index (χ1n) is 21.8. The number of halogens is 4. The van der Waals surface area contributed by atoms with Gasteiger partial charge < -0.3 is 40.1 Å². The molecule has 2 aromatic rings. The van der Waals surface area contributed by atoms with E-state index in [1.165, 1.54) is 28.7 Å². The first-order valence-corrected chi connectivity index (χ1v) is 22.2. The summed E-state index contributed by atoms with van der Waals surface area (Å²) in [5.41, 5.74) is 5.82. The van der Waals surface area contributed by atoms with Crippen molar-refractivity contribution in [2.24, 2.45) is 11.8 Å². The van der Waals surface area contributed by atoms with Crippen molar-refractivity contribution in [3.63, 3.8) is 0 Å². The number of likely N-dealkylation sites (N-methyl/N-ethyl adjacent to an activating group) is 1. The molecule has 4 heterocycles. The van der Waals surface area contributed by atoms with Crippen LogP contribution >= 0.6 is 11.6 Å². The first kappa shape index (κ1) is 46.2. The van der Waals surface area contributed by atoms with Crippen LogP contribution < -0.4 is 11.1 Å². The van der Waals surface area contributed by atoms with Crippen LogP contribution in [0, 0.1) is 11.8 Å². The minimum atomic E-state index is -4.79. The number of piperidine rings is 2. The number of rotatable bonds is 15. The maximum absolute atomic E-state index is 14.1. The summed E-state index contributed by atoms with van der Waals surface area (Å²) in [5, 5.41) is 2.67. The molecule has 0 aliphatic carbocycles. The molecule has 4 amide bonds. The molecule has 3 saturated heterocycles. The molecule has 336 valence electrons. The van der Waals surface area contributed by atoms with Gasteiger partial charge in [0.15, 0.2) is 6.10 Å². The van der Waals surface area contributed by atoms with E-state index in [0.29, 0.717) is 64.3 Å². The molecule has 2 atom stereocenters. The molecule has 3 fully saturated rings. The van der Waals surface area contributed by atoms with Crippen molar-refractivity contribution in [1.82, 2.24) is 24.5 Å². The lowest BCUT2D eigenvalue weighted by Crippen LogP contribution is -2.51. The third kappa shape index (κ3) is 12.7. The summed E-state index contributed by atoms with van der Waals surface area (Å²) < 4.78 is 53.1. The predicted octanol–water partition coefficient (Wildman–Crippen LogP) is 6.77.